The van der Waals surface area contributed by atoms with Crippen molar-refractivity contribution >= 4 is 28.5 Å². The molecule has 0 bridgehead atoms. The van der Waals surface area contributed by atoms with Crippen molar-refractivity contribution in [2.45, 2.75) is 18.9 Å². The van der Waals surface area contributed by atoms with Gasteiger partial charge in [-0.05, 0) is 67.7 Å². The first kappa shape index (κ1) is 13.8. The van der Waals surface area contributed by atoms with E-state index in [0.717, 1.165) is 35.1 Å². The molecule has 0 saturated carbocycles. The normalized spacial score (nSPS) is 17.2. The van der Waals surface area contributed by atoms with Crippen molar-refractivity contribution < 1.29 is 4.79 Å². The van der Waals surface area contributed by atoms with Crippen LogP contribution in [0.1, 0.15) is 23.2 Å². The van der Waals surface area contributed by atoms with Gasteiger partial charge in [0.15, 0.2) is 0 Å². The van der Waals surface area contributed by atoms with Crippen LogP contribution in [0.15, 0.2) is 24.3 Å². The van der Waals surface area contributed by atoms with Crippen LogP contribution in [0.4, 0.5) is 0 Å². The molecule has 0 radical (unpaired) electrons. The Labute approximate surface area is 122 Å². The first-order chi connectivity index (χ1) is 8.58. The van der Waals surface area contributed by atoms with Crippen molar-refractivity contribution in [3.05, 3.63) is 33.4 Å². The molecule has 0 spiro atoms. The molecule has 0 aliphatic carbocycles. The minimum Gasteiger partial charge on any atom is -0.339 e. The van der Waals surface area contributed by atoms with E-state index < -0.39 is 0 Å². The number of benzene rings is 1. The van der Waals surface area contributed by atoms with Gasteiger partial charge >= 0.3 is 0 Å². The van der Waals surface area contributed by atoms with Crippen molar-refractivity contribution in [2.75, 3.05) is 27.2 Å². The average molecular weight is 358 g/mol. The van der Waals surface area contributed by atoms with Crippen LogP contribution < -0.4 is 0 Å². The Hall–Kier alpha value is -0.620. The number of carbonyl (C=O) groups is 1. The molecule has 1 amide bonds. The minimum absolute atomic E-state index is 0.172. The van der Waals surface area contributed by atoms with Crippen molar-refractivity contribution in [1.82, 2.24) is 9.80 Å². The fraction of sp³-hybridized carbons (Fsp3) is 0.500. The number of likely N-dealkylation sites (tertiary alicyclic amines) is 1. The summed E-state index contributed by atoms with van der Waals surface area (Å²) in [5.41, 5.74) is 0.810. The number of rotatable bonds is 2. The van der Waals surface area contributed by atoms with Crippen LogP contribution in [0, 0.1) is 3.57 Å². The van der Waals surface area contributed by atoms with Crippen LogP contribution in [-0.2, 0) is 0 Å². The number of piperidine rings is 1. The fourth-order valence-electron chi connectivity index (χ4n) is 2.39. The SMILES string of the molecule is CN(C)C1CCN(C(=O)c2cccc(I)c2)CC1. The zero-order chi connectivity index (χ0) is 13.1. The molecule has 18 heavy (non-hydrogen) atoms. The predicted octanol–water partition coefficient (Wildman–Crippen LogP) is 2.46. The van der Waals surface area contributed by atoms with E-state index >= 15 is 0 Å². The first-order valence-corrected chi connectivity index (χ1v) is 7.37. The molecule has 0 atom stereocenters. The molecule has 1 aliphatic heterocycles. The molecule has 1 aromatic rings. The molecule has 0 unspecified atom stereocenters. The van der Waals surface area contributed by atoms with Gasteiger partial charge in [-0.3, -0.25) is 4.79 Å². The summed E-state index contributed by atoms with van der Waals surface area (Å²) < 4.78 is 1.11. The van der Waals surface area contributed by atoms with Crippen LogP contribution in [0.5, 0.6) is 0 Å². The maximum absolute atomic E-state index is 12.3. The van der Waals surface area contributed by atoms with Gasteiger partial charge in [-0.25, -0.2) is 0 Å². The first-order valence-electron chi connectivity index (χ1n) is 6.29. The highest BCUT2D eigenvalue weighted by atomic mass is 127. The highest BCUT2D eigenvalue weighted by Crippen LogP contribution is 2.17. The quantitative estimate of drug-likeness (QED) is 0.759. The van der Waals surface area contributed by atoms with Gasteiger partial charge < -0.3 is 9.80 Å². The van der Waals surface area contributed by atoms with Gasteiger partial charge in [0, 0.05) is 28.3 Å². The van der Waals surface area contributed by atoms with Crippen LogP contribution in [-0.4, -0.2) is 48.9 Å². The van der Waals surface area contributed by atoms with E-state index in [2.05, 4.69) is 41.6 Å². The lowest BCUT2D eigenvalue weighted by atomic mass is 10.0. The van der Waals surface area contributed by atoms with Gasteiger partial charge in [0.25, 0.3) is 5.91 Å². The van der Waals surface area contributed by atoms with Gasteiger partial charge in [0.05, 0.1) is 0 Å². The molecule has 4 heteroatoms. The zero-order valence-electron chi connectivity index (χ0n) is 10.9. The molecule has 98 valence electrons. The zero-order valence-corrected chi connectivity index (χ0v) is 13.1. The van der Waals surface area contributed by atoms with Crippen LogP contribution >= 0.6 is 22.6 Å². The molecule has 1 saturated heterocycles. The molecule has 0 aromatic heterocycles. The fourth-order valence-corrected chi connectivity index (χ4v) is 2.93. The van der Waals surface area contributed by atoms with E-state index in [9.17, 15) is 4.79 Å². The molecule has 1 fully saturated rings. The largest absolute Gasteiger partial charge is 0.339 e. The predicted molar refractivity (Wildman–Crippen MR) is 81.8 cm³/mol. The second kappa shape index (κ2) is 6.02. The summed E-state index contributed by atoms with van der Waals surface area (Å²) in [5.74, 6) is 0.172. The lowest BCUT2D eigenvalue weighted by Crippen LogP contribution is -2.44. The number of hydrogen-bond acceptors (Lipinski definition) is 2. The van der Waals surface area contributed by atoms with Crippen molar-refractivity contribution in [3.63, 3.8) is 0 Å². The van der Waals surface area contributed by atoms with Crippen LogP contribution in [0.3, 0.4) is 0 Å². The Morgan fingerprint density at radius 3 is 2.56 bits per heavy atom. The van der Waals surface area contributed by atoms with Gasteiger partial charge in [-0.2, -0.15) is 0 Å². The molecule has 3 nitrogen and oxygen atoms in total. The summed E-state index contributed by atoms with van der Waals surface area (Å²) in [5, 5.41) is 0. The maximum atomic E-state index is 12.3. The maximum Gasteiger partial charge on any atom is 0.253 e. The monoisotopic (exact) mass is 358 g/mol. The summed E-state index contributed by atoms with van der Waals surface area (Å²) in [7, 11) is 4.23. The molecular weight excluding hydrogens is 339 g/mol. The summed E-state index contributed by atoms with van der Waals surface area (Å²) >= 11 is 2.24. The lowest BCUT2D eigenvalue weighted by Gasteiger charge is -2.35. The Bertz CT molecular complexity index is 426. The standard InChI is InChI=1S/C14H19IN2O/c1-16(2)13-6-8-17(9-7-13)14(18)11-4-3-5-12(15)10-11/h3-5,10,13H,6-9H2,1-2H3. The van der Waals surface area contributed by atoms with E-state index in [1.807, 2.05) is 29.2 Å². The van der Waals surface area contributed by atoms with E-state index in [0.29, 0.717) is 6.04 Å². The topological polar surface area (TPSA) is 23.6 Å². The number of halogens is 1. The molecule has 0 N–H and O–H groups in total. The van der Waals surface area contributed by atoms with Crippen LogP contribution in [0.2, 0.25) is 0 Å². The van der Waals surface area contributed by atoms with Gasteiger partial charge in [-0.1, -0.05) is 6.07 Å². The van der Waals surface area contributed by atoms with Gasteiger partial charge in [-0.15, -0.1) is 0 Å². The molecule has 1 heterocycles. The van der Waals surface area contributed by atoms with Gasteiger partial charge in [0.1, 0.15) is 0 Å². The van der Waals surface area contributed by atoms with E-state index in [-0.39, 0.29) is 5.91 Å². The van der Waals surface area contributed by atoms with E-state index in [1.165, 1.54) is 0 Å². The van der Waals surface area contributed by atoms with Gasteiger partial charge in [0.2, 0.25) is 0 Å². The number of nitrogens with zero attached hydrogens (tertiary/aromatic N) is 2. The van der Waals surface area contributed by atoms with Crippen molar-refractivity contribution in [3.8, 4) is 0 Å². The highest BCUT2D eigenvalue weighted by molar-refractivity contribution is 14.1. The Morgan fingerprint density at radius 1 is 1.33 bits per heavy atom. The Balaban J connectivity index is 1.99. The van der Waals surface area contributed by atoms with E-state index in [1.54, 1.807) is 0 Å². The summed E-state index contributed by atoms with van der Waals surface area (Å²) in [4.78, 5) is 16.6. The molecular formula is C14H19IN2O. The minimum atomic E-state index is 0.172. The van der Waals surface area contributed by atoms with Crippen molar-refractivity contribution in [2.24, 2.45) is 0 Å². The smallest absolute Gasteiger partial charge is 0.253 e. The molecule has 2 rings (SSSR count). The second-order valence-corrected chi connectivity index (χ2v) is 6.24. The lowest BCUT2D eigenvalue weighted by molar-refractivity contribution is 0.0663. The number of amides is 1. The third kappa shape index (κ3) is 3.23. The molecule has 1 aromatic carbocycles. The van der Waals surface area contributed by atoms with Crippen molar-refractivity contribution in [1.29, 1.82) is 0 Å². The third-order valence-corrected chi connectivity index (χ3v) is 4.22. The highest BCUT2D eigenvalue weighted by Gasteiger charge is 2.24. The Kier molecular flexibility index (Phi) is 4.61. The summed E-state index contributed by atoms with van der Waals surface area (Å²) in [6.07, 6.45) is 2.14. The average Bonchev–Trinajstić information content (AvgIpc) is 2.38. The summed E-state index contributed by atoms with van der Waals surface area (Å²) in [6.45, 7) is 1.74. The Morgan fingerprint density at radius 2 is 2.00 bits per heavy atom. The second-order valence-electron chi connectivity index (χ2n) is 5.00. The number of carbonyl (C=O) groups excluding carboxylic acids is 1. The number of hydrogen-bond donors (Lipinski definition) is 0. The molecule has 1 aliphatic rings. The summed E-state index contributed by atoms with van der Waals surface area (Å²) in [6, 6.07) is 8.44. The van der Waals surface area contributed by atoms with Crippen LogP contribution in [0.25, 0.3) is 0 Å². The third-order valence-electron chi connectivity index (χ3n) is 3.55. The van der Waals surface area contributed by atoms with E-state index in [4.69, 9.17) is 0 Å².